The quantitative estimate of drug-likeness (QED) is 0.715. The molecule has 65 valence electrons. The maximum absolute atomic E-state index is 3.81. The molecule has 1 rings (SSSR count). The molecular formula is C9H14N3. The molecule has 0 saturated carbocycles. The molecule has 1 aromatic rings. The highest BCUT2D eigenvalue weighted by Crippen LogP contribution is 2.00. The Hall–Kier alpha value is -1.09. The van der Waals surface area contributed by atoms with Crippen LogP contribution in [0, 0.1) is 6.20 Å². The summed E-state index contributed by atoms with van der Waals surface area (Å²) in [6.45, 7) is 1.98. The van der Waals surface area contributed by atoms with Crippen LogP contribution in [0.15, 0.2) is 18.3 Å². The molecule has 1 heterocycles. The van der Waals surface area contributed by atoms with Gasteiger partial charge in [0.05, 0.1) is 6.20 Å². The summed E-state index contributed by atoms with van der Waals surface area (Å²) >= 11 is 0. The molecule has 0 fully saturated rings. The highest BCUT2D eigenvalue weighted by molar-refractivity contribution is 5.40. The number of hydrogen-bond acceptors (Lipinski definition) is 3. The Labute approximate surface area is 73.4 Å². The number of nitrogens with one attached hydrogen (secondary N) is 1. The van der Waals surface area contributed by atoms with Gasteiger partial charge in [-0.25, -0.2) is 0 Å². The molecule has 0 amide bonds. The Balaban J connectivity index is 2.25. The third kappa shape index (κ3) is 3.34. The summed E-state index contributed by atoms with van der Waals surface area (Å²) in [5.74, 6) is 0. The van der Waals surface area contributed by atoms with E-state index in [0.717, 1.165) is 18.8 Å². The minimum atomic E-state index is 0.949. The summed E-state index contributed by atoms with van der Waals surface area (Å²) in [6.07, 6.45) is 4.51. The van der Waals surface area contributed by atoms with E-state index in [1.165, 1.54) is 0 Å². The van der Waals surface area contributed by atoms with Crippen molar-refractivity contribution in [3.05, 3.63) is 24.5 Å². The molecule has 0 bridgehead atoms. The van der Waals surface area contributed by atoms with Crippen molar-refractivity contribution in [3.63, 3.8) is 0 Å². The van der Waals surface area contributed by atoms with Gasteiger partial charge in [0.2, 0.25) is 0 Å². The van der Waals surface area contributed by atoms with Gasteiger partial charge in [-0.2, -0.15) is 0 Å². The first-order chi connectivity index (χ1) is 5.79. The van der Waals surface area contributed by atoms with E-state index in [4.69, 9.17) is 0 Å². The maximum Gasteiger partial charge on any atom is 0.0907 e. The second-order valence-electron chi connectivity index (χ2n) is 2.90. The van der Waals surface area contributed by atoms with E-state index in [1.54, 1.807) is 6.20 Å². The second kappa shape index (κ2) is 4.72. The fourth-order valence-electron chi connectivity index (χ4n) is 0.849. The van der Waals surface area contributed by atoms with Crippen LogP contribution in [0.5, 0.6) is 0 Å². The van der Waals surface area contributed by atoms with Crippen LogP contribution in [0.4, 0.5) is 5.69 Å². The van der Waals surface area contributed by atoms with Gasteiger partial charge in [0.1, 0.15) is 0 Å². The average molecular weight is 164 g/mol. The number of anilines is 1. The highest BCUT2D eigenvalue weighted by Gasteiger charge is 1.90. The van der Waals surface area contributed by atoms with Crippen LogP contribution >= 0.6 is 0 Å². The molecule has 0 spiro atoms. The van der Waals surface area contributed by atoms with E-state index in [2.05, 4.69) is 35.5 Å². The van der Waals surface area contributed by atoms with Gasteiger partial charge in [-0.15, -0.1) is 0 Å². The molecule has 0 aromatic carbocycles. The number of aromatic nitrogens is 1. The maximum atomic E-state index is 3.81. The van der Waals surface area contributed by atoms with Gasteiger partial charge in [-0.1, -0.05) is 0 Å². The van der Waals surface area contributed by atoms with Crippen molar-refractivity contribution in [2.45, 2.75) is 0 Å². The zero-order valence-electron chi connectivity index (χ0n) is 7.54. The lowest BCUT2D eigenvalue weighted by molar-refractivity contribution is 0.425. The Morgan fingerprint density at radius 2 is 2.42 bits per heavy atom. The van der Waals surface area contributed by atoms with Crippen LogP contribution in [0.1, 0.15) is 0 Å². The molecule has 1 aromatic heterocycles. The molecule has 0 saturated heterocycles. The third-order valence-electron chi connectivity index (χ3n) is 1.51. The fraction of sp³-hybridized carbons (Fsp3) is 0.444. The van der Waals surface area contributed by atoms with Crippen LogP contribution in [0.25, 0.3) is 0 Å². The summed E-state index contributed by atoms with van der Waals surface area (Å²) < 4.78 is 0. The zero-order chi connectivity index (χ0) is 8.81. The lowest BCUT2D eigenvalue weighted by atomic mass is 10.4. The van der Waals surface area contributed by atoms with Crippen LogP contribution in [0.2, 0.25) is 0 Å². The van der Waals surface area contributed by atoms with Crippen molar-refractivity contribution in [1.29, 1.82) is 0 Å². The molecule has 0 atom stereocenters. The minimum absolute atomic E-state index is 0.949. The number of pyridine rings is 1. The van der Waals surface area contributed by atoms with E-state index in [1.807, 2.05) is 12.1 Å². The number of likely N-dealkylation sites (N-methyl/N-ethyl adjacent to an activating group) is 1. The lowest BCUT2D eigenvalue weighted by Crippen LogP contribution is -2.20. The van der Waals surface area contributed by atoms with Crippen molar-refractivity contribution in [1.82, 2.24) is 9.88 Å². The molecule has 0 aliphatic rings. The normalized spacial score (nSPS) is 10.2. The van der Waals surface area contributed by atoms with Crippen LogP contribution in [0.3, 0.4) is 0 Å². The van der Waals surface area contributed by atoms with Crippen molar-refractivity contribution < 1.29 is 0 Å². The Morgan fingerprint density at radius 3 is 3.00 bits per heavy atom. The van der Waals surface area contributed by atoms with Crippen LogP contribution in [-0.4, -0.2) is 37.1 Å². The van der Waals surface area contributed by atoms with Crippen molar-refractivity contribution >= 4 is 5.69 Å². The highest BCUT2D eigenvalue weighted by atomic mass is 15.1. The largest absolute Gasteiger partial charge is 0.384 e. The standard InChI is InChI=1S/C9H14N3/c1-12(2)8-7-11-9-3-5-10-6-4-9/h3-5H,7-8H2,1-2H3,(H,10,11). The summed E-state index contributed by atoms with van der Waals surface area (Å²) in [5, 5.41) is 3.26. The van der Waals surface area contributed by atoms with Crippen LogP contribution in [-0.2, 0) is 0 Å². The first kappa shape index (κ1) is 9.00. The van der Waals surface area contributed by atoms with Gasteiger partial charge >= 0.3 is 0 Å². The Morgan fingerprint density at radius 1 is 1.58 bits per heavy atom. The summed E-state index contributed by atoms with van der Waals surface area (Å²) in [7, 11) is 4.11. The molecule has 1 N–H and O–H groups in total. The first-order valence-corrected chi connectivity index (χ1v) is 4.00. The number of rotatable bonds is 4. The molecular weight excluding hydrogens is 150 g/mol. The molecule has 0 aliphatic carbocycles. The monoisotopic (exact) mass is 164 g/mol. The predicted octanol–water partition coefficient (Wildman–Crippen LogP) is 0.855. The van der Waals surface area contributed by atoms with E-state index in [-0.39, 0.29) is 0 Å². The van der Waals surface area contributed by atoms with Gasteiger partial charge < -0.3 is 10.2 Å². The third-order valence-corrected chi connectivity index (χ3v) is 1.51. The van der Waals surface area contributed by atoms with Gasteiger partial charge in [-0.05, 0) is 26.2 Å². The molecule has 1 radical (unpaired) electrons. The molecule has 0 unspecified atom stereocenters. The number of hydrogen-bond donors (Lipinski definition) is 1. The second-order valence-corrected chi connectivity index (χ2v) is 2.90. The predicted molar refractivity (Wildman–Crippen MR) is 50.1 cm³/mol. The number of nitrogens with zero attached hydrogens (tertiary/aromatic N) is 2. The van der Waals surface area contributed by atoms with Gasteiger partial charge in [0, 0.05) is 25.0 Å². The van der Waals surface area contributed by atoms with Crippen molar-refractivity contribution in [3.8, 4) is 0 Å². The summed E-state index contributed by atoms with van der Waals surface area (Å²) in [5.41, 5.74) is 1.08. The fourth-order valence-corrected chi connectivity index (χ4v) is 0.849. The molecule has 0 aliphatic heterocycles. The van der Waals surface area contributed by atoms with Gasteiger partial charge in [0.25, 0.3) is 0 Å². The minimum Gasteiger partial charge on any atom is -0.384 e. The van der Waals surface area contributed by atoms with Crippen molar-refractivity contribution in [2.24, 2.45) is 0 Å². The van der Waals surface area contributed by atoms with Gasteiger partial charge in [-0.3, -0.25) is 4.98 Å². The SMILES string of the molecule is CN(C)CCNc1c[c]ncc1. The molecule has 3 nitrogen and oxygen atoms in total. The average Bonchev–Trinajstić information content (AvgIpc) is 2.05. The van der Waals surface area contributed by atoms with Crippen molar-refractivity contribution in [2.75, 3.05) is 32.5 Å². The summed E-state index contributed by atoms with van der Waals surface area (Å²) in [4.78, 5) is 5.95. The lowest BCUT2D eigenvalue weighted by Gasteiger charge is -2.10. The smallest absolute Gasteiger partial charge is 0.0907 e. The van der Waals surface area contributed by atoms with E-state index >= 15 is 0 Å². The van der Waals surface area contributed by atoms with Gasteiger partial charge in [0.15, 0.2) is 0 Å². The summed E-state index contributed by atoms with van der Waals surface area (Å²) in [6, 6.07) is 3.78. The zero-order valence-corrected chi connectivity index (χ0v) is 7.54. The van der Waals surface area contributed by atoms with E-state index < -0.39 is 0 Å². The Kier molecular flexibility index (Phi) is 3.54. The Bertz CT molecular complexity index is 208. The van der Waals surface area contributed by atoms with E-state index in [9.17, 15) is 0 Å². The van der Waals surface area contributed by atoms with Crippen LogP contribution < -0.4 is 5.32 Å². The molecule has 12 heavy (non-hydrogen) atoms. The van der Waals surface area contributed by atoms with E-state index in [0.29, 0.717) is 0 Å². The topological polar surface area (TPSA) is 28.2 Å². The first-order valence-electron chi connectivity index (χ1n) is 4.00. The molecule has 3 heteroatoms.